The van der Waals surface area contributed by atoms with Gasteiger partial charge >= 0.3 is 0 Å². The Morgan fingerprint density at radius 3 is 2.72 bits per heavy atom. The third kappa shape index (κ3) is 6.14. The van der Waals surface area contributed by atoms with E-state index < -0.39 is 10.0 Å². The van der Waals surface area contributed by atoms with E-state index in [4.69, 9.17) is 5.73 Å². The summed E-state index contributed by atoms with van der Waals surface area (Å²) in [6.45, 7) is 3.02. The van der Waals surface area contributed by atoms with Crippen LogP contribution in [0.1, 0.15) is 24.0 Å². The first kappa shape index (κ1) is 15.1. The summed E-state index contributed by atoms with van der Waals surface area (Å²) >= 11 is 0. The molecule has 1 aromatic rings. The number of benzene rings is 1. The number of rotatable bonds is 8. The van der Waals surface area contributed by atoms with Gasteiger partial charge in [-0.25, -0.2) is 13.1 Å². The molecule has 0 saturated carbocycles. The van der Waals surface area contributed by atoms with Crippen molar-refractivity contribution in [2.24, 2.45) is 5.73 Å². The van der Waals surface area contributed by atoms with Crippen LogP contribution >= 0.6 is 0 Å². The quantitative estimate of drug-likeness (QED) is 0.697. The molecule has 1 aromatic carbocycles. The molecule has 0 aliphatic rings. The lowest BCUT2D eigenvalue weighted by Crippen LogP contribution is -2.28. The molecule has 0 spiro atoms. The summed E-state index contributed by atoms with van der Waals surface area (Å²) in [5.74, 6) is 0.165. The van der Waals surface area contributed by atoms with Crippen LogP contribution in [0, 0.1) is 6.92 Å². The summed E-state index contributed by atoms with van der Waals surface area (Å²) < 4.78 is 25.8. The molecule has 0 fully saturated rings. The highest BCUT2D eigenvalue weighted by Crippen LogP contribution is 2.04. The SMILES string of the molecule is Cc1cccc(CCNS(=O)(=O)CCCCN)c1. The topological polar surface area (TPSA) is 72.2 Å². The highest BCUT2D eigenvalue weighted by molar-refractivity contribution is 7.89. The standard InChI is InChI=1S/C13H22N2O2S/c1-12-5-4-6-13(11-12)7-9-15-18(16,17)10-3-2-8-14/h4-6,11,15H,2-3,7-10,14H2,1H3. The number of hydrogen-bond acceptors (Lipinski definition) is 3. The van der Waals surface area contributed by atoms with E-state index in [0.29, 0.717) is 19.5 Å². The van der Waals surface area contributed by atoms with Gasteiger partial charge in [0, 0.05) is 6.54 Å². The van der Waals surface area contributed by atoms with E-state index in [0.717, 1.165) is 18.4 Å². The molecule has 0 unspecified atom stereocenters. The van der Waals surface area contributed by atoms with Gasteiger partial charge in [0.05, 0.1) is 5.75 Å². The second-order valence-corrected chi connectivity index (χ2v) is 6.37. The highest BCUT2D eigenvalue weighted by Gasteiger charge is 2.08. The molecule has 1 rings (SSSR count). The number of sulfonamides is 1. The summed E-state index contributed by atoms with van der Waals surface area (Å²) in [5, 5.41) is 0. The van der Waals surface area contributed by atoms with Crippen LogP contribution in [0.2, 0.25) is 0 Å². The van der Waals surface area contributed by atoms with Gasteiger partial charge < -0.3 is 5.73 Å². The Bertz CT molecular complexity index is 458. The molecule has 4 nitrogen and oxygen atoms in total. The van der Waals surface area contributed by atoms with Crippen LogP contribution in [0.15, 0.2) is 24.3 Å². The summed E-state index contributed by atoms with van der Waals surface area (Å²) in [6.07, 6.45) is 2.09. The molecule has 18 heavy (non-hydrogen) atoms. The Kier molecular flexibility index (Phi) is 6.32. The van der Waals surface area contributed by atoms with Gasteiger partial charge in [0.1, 0.15) is 0 Å². The summed E-state index contributed by atoms with van der Waals surface area (Å²) in [7, 11) is -3.14. The second kappa shape index (κ2) is 7.51. The largest absolute Gasteiger partial charge is 0.330 e. The van der Waals surface area contributed by atoms with E-state index in [1.54, 1.807) is 0 Å². The molecule has 5 heteroatoms. The van der Waals surface area contributed by atoms with Gasteiger partial charge in [0.15, 0.2) is 0 Å². The smallest absolute Gasteiger partial charge is 0.211 e. The third-order valence-corrected chi connectivity index (χ3v) is 4.16. The molecule has 0 radical (unpaired) electrons. The lowest BCUT2D eigenvalue weighted by atomic mass is 10.1. The van der Waals surface area contributed by atoms with Crippen LogP contribution in [0.5, 0.6) is 0 Å². The highest BCUT2D eigenvalue weighted by atomic mass is 32.2. The number of aryl methyl sites for hydroxylation is 1. The molecule has 0 aliphatic heterocycles. The number of nitrogens with two attached hydrogens (primary N) is 1. The first-order valence-corrected chi connectivity index (χ1v) is 7.92. The minimum atomic E-state index is -3.14. The van der Waals surface area contributed by atoms with Gasteiger partial charge in [-0.15, -0.1) is 0 Å². The van der Waals surface area contributed by atoms with Gasteiger partial charge in [-0.3, -0.25) is 0 Å². The van der Waals surface area contributed by atoms with Gasteiger partial charge in [0.2, 0.25) is 10.0 Å². The molecule has 3 N–H and O–H groups in total. The zero-order valence-electron chi connectivity index (χ0n) is 10.9. The zero-order chi connectivity index (χ0) is 13.4. The average molecular weight is 270 g/mol. The fraction of sp³-hybridized carbons (Fsp3) is 0.538. The van der Waals surface area contributed by atoms with Gasteiger partial charge in [0.25, 0.3) is 0 Å². The van der Waals surface area contributed by atoms with Gasteiger partial charge in [-0.05, 0) is 38.3 Å². The lowest BCUT2D eigenvalue weighted by Gasteiger charge is -2.06. The maximum absolute atomic E-state index is 11.6. The maximum atomic E-state index is 11.6. The van der Waals surface area contributed by atoms with Crippen molar-refractivity contribution >= 4 is 10.0 Å². The summed E-state index contributed by atoms with van der Waals surface area (Å²) in [6, 6.07) is 8.10. The summed E-state index contributed by atoms with van der Waals surface area (Å²) in [5.41, 5.74) is 7.68. The predicted octanol–water partition coefficient (Wildman–Crippen LogP) is 1.20. The fourth-order valence-corrected chi connectivity index (χ4v) is 2.87. The fourth-order valence-electron chi connectivity index (χ4n) is 1.73. The third-order valence-electron chi connectivity index (χ3n) is 2.69. The molecular formula is C13H22N2O2S. The minimum Gasteiger partial charge on any atom is -0.330 e. The normalized spacial score (nSPS) is 11.7. The Balaban J connectivity index is 2.32. The molecule has 0 bridgehead atoms. The summed E-state index contributed by atoms with van der Waals surface area (Å²) in [4.78, 5) is 0. The van der Waals surface area contributed by atoms with Crippen LogP contribution in [0.25, 0.3) is 0 Å². The van der Waals surface area contributed by atoms with Gasteiger partial charge in [-0.1, -0.05) is 29.8 Å². The van der Waals surface area contributed by atoms with Crippen molar-refractivity contribution in [2.45, 2.75) is 26.2 Å². The predicted molar refractivity (Wildman–Crippen MR) is 75.0 cm³/mol. The Morgan fingerprint density at radius 2 is 2.06 bits per heavy atom. The minimum absolute atomic E-state index is 0.165. The number of unbranched alkanes of at least 4 members (excludes halogenated alkanes) is 1. The number of hydrogen-bond donors (Lipinski definition) is 2. The van der Waals surface area contributed by atoms with Crippen molar-refractivity contribution in [3.63, 3.8) is 0 Å². The molecule has 0 aromatic heterocycles. The van der Waals surface area contributed by atoms with E-state index in [2.05, 4.69) is 10.8 Å². The van der Waals surface area contributed by atoms with E-state index in [-0.39, 0.29) is 5.75 Å². The molecule has 102 valence electrons. The zero-order valence-corrected chi connectivity index (χ0v) is 11.7. The second-order valence-electron chi connectivity index (χ2n) is 4.45. The first-order chi connectivity index (χ1) is 8.53. The maximum Gasteiger partial charge on any atom is 0.211 e. The Labute approximate surface area is 110 Å². The van der Waals surface area contributed by atoms with Crippen LogP contribution in [0.4, 0.5) is 0 Å². The van der Waals surface area contributed by atoms with E-state index in [1.165, 1.54) is 5.56 Å². The molecule has 0 aliphatic carbocycles. The van der Waals surface area contributed by atoms with Crippen molar-refractivity contribution in [3.05, 3.63) is 35.4 Å². The van der Waals surface area contributed by atoms with E-state index >= 15 is 0 Å². The molecular weight excluding hydrogens is 248 g/mol. The first-order valence-electron chi connectivity index (χ1n) is 6.26. The van der Waals surface area contributed by atoms with Crippen molar-refractivity contribution in [2.75, 3.05) is 18.8 Å². The monoisotopic (exact) mass is 270 g/mol. The van der Waals surface area contributed by atoms with Crippen LogP contribution in [-0.4, -0.2) is 27.3 Å². The van der Waals surface area contributed by atoms with Crippen LogP contribution in [0.3, 0.4) is 0 Å². The van der Waals surface area contributed by atoms with E-state index in [1.807, 2.05) is 25.1 Å². The van der Waals surface area contributed by atoms with Crippen molar-refractivity contribution in [3.8, 4) is 0 Å². The van der Waals surface area contributed by atoms with Crippen molar-refractivity contribution < 1.29 is 8.42 Å². The van der Waals surface area contributed by atoms with Gasteiger partial charge in [-0.2, -0.15) is 0 Å². The molecule has 0 heterocycles. The van der Waals surface area contributed by atoms with E-state index in [9.17, 15) is 8.42 Å². The van der Waals surface area contributed by atoms with Crippen molar-refractivity contribution in [1.82, 2.24) is 4.72 Å². The van der Waals surface area contributed by atoms with Crippen molar-refractivity contribution in [1.29, 1.82) is 0 Å². The van der Waals surface area contributed by atoms with Crippen LogP contribution in [-0.2, 0) is 16.4 Å². The molecule has 0 amide bonds. The molecule has 0 atom stereocenters. The lowest BCUT2D eigenvalue weighted by molar-refractivity contribution is 0.577. The average Bonchev–Trinajstić information content (AvgIpc) is 2.29. The Morgan fingerprint density at radius 1 is 1.28 bits per heavy atom. The number of nitrogens with one attached hydrogen (secondary N) is 1. The molecule has 0 saturated heterocycles. The van der Waals surface area contributed by atoms with Crippen LogP contribution < -0.4 is 10.5 Å². The Hall–Kier alpha value is -0.910.